The van der Waals surface area contributed by atoms with E-state index in [-0.39, 0.29) is 0 Å². The number of esters is 2. The van der Waals surface area contributed by atoms with Crippen molar-refractivity contribution in [3.63, 3.8) is 0 Å². The number of benzene rings is 2. The smallest absolute Gasteiger partial charge is 0.338 e. The second kappa shape index (κ2) is 8.32. The van der Waals surface area contributed by atoms with Crippen LogP contribution in [0.4, 0.5) is 0 Å². The Balaban J connectivity index is 1.56. The number of ether oxygens (including phenoxy) is 5. The molecule has 152 valence electrons. The summed E-state index contributed by atoms with van der Waals surface area (Å²) in [7, 11) is 0. The molecule has 0 amide bonds. The van der Waals surface area contributed by atoms with Crippen LogP contribution in [-0.2, 0) is 28.5 Å². The quantitative estimate of drug-likeness (QED) is 0.733. The van der Waals surface area contributed by atoms with E-state index in [2.05, 4.69) is 0 Å². The first-order chi connectivity index (χ1) is 14.0. The number of carbonyl (C=O) groups excluding carboxylic acids is 2. The summed E-state index contributed by atoms with van der Waals surface area (Å²) < 4.78 is 29.0. The Morgan fingerprint density at radius 3 is 2.14 bits per heavy atom. The van der Waals surface area contributed by atoms with E-state index in [0.29, 0.717) is 5.56 Å². The molecule has 2 heterocycles. The Morgan fingerprint density at radius 2 is 1.48 bits per heavy atom. The SMILES string of the molecule is CC(=O)OC1C(OC(=O)c2ccccc2)C(C)OC2OC(c3ccccc3)OC21. The third-order valence-corrected chi connectivity index (χ3v) is 4.89. The summed E-state index contributed by atoms with van der Waals surface area (Å²) in [5.41, 5.74) is 1.21. The molecule has 29 heavy (non-hydrogen) atoms. The topological polar surface area (TPSA) is 80.3 Å². The van der Waals surface area contributed by atoms with Crippen LogP contribution in [0.5, 0.6) is 0 Å². The van der Waals surface area contributed by atoms with Gasteiger partial charge < -0.3 is 23.7 Å². The monoisotopic (exact) mass is 398 g/mol. The maximum atomic E-state index is 12.6. The van der Waals surface area contributed by atoms with E-state index in [1.807, 2.05) is 36.4 Å². The van der Waals surface area contributed by atoms with Crippen LogP contribution in [0.25, 0.3) is 0 Å². The summed E-state index contributed by atoms with van der Waals surface area (Å²) in [6, 6.07) is 18.0. The normalized spacial score (nSPS) is 31.0. The maximum absolute atomic E-state index is 12.6. The van der Waals surface area contributed by atoms with Gasteiger partial charge in [0.15, 0.2) is 30.9 Å². The van der Waals surface area contributed by atoms with Gasteiger partial charge in [0.1, 0.15) is 0 Å². The van der Waals surface area contributed by atoms with Crippen LogP contribution in [0.1, 0.15) is 36.1 Å². The Morgan fingerprint density at radius 1 is 0.828 bits per heavy atom. The van der Waals surface area contributed by atoms with E-state index in [0.717, 1.165) is 5.56 Å². The third kappa shape index (κ3) is 4.17. The van der Waals surface area contributed by atoms with Gasteiger partial charge in [0.25, 0.3) is 0 Å². The molecule has 0 spiro atoms. The van der Waals surface area contributed by atoms with E-state index in [9.17, 15) is 9.59 Å². The van der Waals surface area contributed by atoms with Gasteiger partial charge in [-0.1, -0.05) is 48.5 Å². The fourth-order valence-electron chi connectivity index (χ4n) is 3.54. The fourth-order valence-corrected chi connectivity index (χ4v) is 3.54. The zero-order chi connectivity index (χ0) is 20.4. The fraction of sp³-hybridized carbons (Fsp3) is 0.364. The van der Waals surface area contributed by atoms with Gasteiger partial charge in [-0.3, -0.25) is 4.79 Å². The van der Waals surface area contributed by atoms with Crippen LogP contribution in [-0.4, -0.2) is 42.6 Å². The lowest BCUT2D eigenvalue weighted by Crippen LogP contribution is -2.58. The molecule has 7 nitrogen and oxygen atoms in total. The highest BCUT2D eigenvalue weighted by atomic mass is 16.8. The summed E-state index contributed by atoms with van der Waals surface area (Å²) in [6.07, 6.45) is -4.40. The largest absolute Gasteiger partial charge is 0.455 e. The average Bonchev–Trinajstić information content (AvgIpc) is 3.15. The highest BCUT2D eigenvalue weighted by molar-refractivity contribution is 5.89. The number of carbonyl (C=O) groups is 2. The molecule has 0 radical (unpaired) electrons. The minimum Gasteiger partial charge on any atom is -0.455 e. The van der Waals surface area contributed by atoms with Crippen LogP contribution < -0.4 is 0 Å². The minimum atomic E-state index is -0.859. The molecular weight excluding hydrogens is 376 g/mol. The molecule has 7 heteroatoms. The highest BCUT2D eigenvalue weighted by Crippen LogP contribution is 2.40. The molecule has 0 bridgehead atoms. The van der Waals surface area contributed by atoms with Crippen LogP contribution in [0.3, 0.4) is 0 Å². The van der Waals surface area contributed by atoms with Crippen molar-refractivity contribution in [3.05, 3.63) is 71.8 Å². The molecule has 2 aromatic carbocycles. The number of fused-ring (bicyclic) bond motifs is 1. The van der Waals surface area contributed by atoms with Gasteiger partial charge in [-0.25, -0.2) is 4.79 Å². The van der Waals surface area contributed by atoms with E-state index in [1.54, 1.807) is 31.2 Å². The van der Waals surface area contributed by atoms with Crippen molar-refractivity contribution in [1.82, 2.24) is 0 Å². The van der Waals surface area contributed by atoms with E-state index < -0.39 is 48.9 Å². The van der Waals surface area contributed by atoms with Crippen molar-refractivity contribution in [1.29, 1.82) is 0 Å². The number of hydrogen-bond acceptors (Lipinski definition) is 7. The summed E-state index contributed by atoms with van der Waals surface area (Å²) in [4.78, 5) is 24.3. The first-order valence-corrected chi connectivity index (χ1v) is 9.47. The van der Waals surface area contributed by atoms with E-state index >= 15 is 0 Å². The predicted molar refractivity (Wildman–Crippen MR) is 101 cm³/mol. The highest BCUT2D eigenvalue weighted by Gasteiger charge is 2.54. The summed E-state index contributed by atoms with van der Waals surface area (Å²) in [6.45, 7) is 3.05. The molecule has 0 aromatic heterocycles. The molecule has 6 atom stereocenters. The Labute approximate surface area is 168 Å². The predicted octanol–water partition coefficient (Wildman–Crippen LogP) is 3.00. The lowest BCUT2D eigenvalue weighted by molar-refractivity contribution is -0.247. The lowest BCUT2D eigenvalue weighted by atomic mass is 9.99. The molecular formula is C22H22O7. The summed E-state index contributed by atoms with van der Waals surface area (Å²) in [5.74, 6) is -1.03. The standard InChI is InChI=1S/C22H22O7/c1-13-17(27-20(24)15-9-5-3-6-10-15)18(26-14(2)23)19-22(25-13)29-21(28-19)16-11-7-4-8-12-16/h3-13,17-19,21-22H,1-2H3. The molecule has 2 aliphatic heterocycles. The minimum absolute atomic E-state index is 0.397. The lowest BCUT2D eigenvalue weighted by Gasteiger charge is -2.40. The Kier molecular flexibility index (Phi) is 5.62. The molecule has 2 fully saturated rings. The van der Waals surface area contributed by atoms with Gasteiger partial charge in [-0.2, -0.15) is 0 Å². The van der Waals surface area contributed by atoms with Gasteiger partial charge in [0.2, 0.25) is 0 Å². The van der Waals surface area contributed by atoms with E-state index in [1.165, 1.54) is 6.92 Å². The zero-order valence-corrected chi connectivity index (χ0v) is 16.1. The molecule has 2 aromatic rings. The van der Waals surface area contributed by atoms with Gasteiger partial charge in [0.05, 0.1) is 11.7 Å². The van der Waals surface area contributed by atoms with Crippen molar-refractivity contribution in [2.75, 3.05) is 0 Å². The molecule has 0 saturated carbocycles. The van der Waals surface area contributed by atoms with Crippen LogP contribution in [0.15, 0.2) is 60.7 Å². The molecule has 0 aliphatic carbocycles. The van der Waals surface area contributed by atoms with Crippen molar-refractivity contribution >= 4 is 11.9 Å². The van der Waals surface area contributed by atoms with Crippen LogP contribution >= 0.6 is 0 Å². The average molecular weight is 398 g/mol. The molecule has 2 aliphatic rings. The maximum Gasteiger partial charge on any atom is 0.338 e. The molecule has 0 N–H and O–H groups in total. The van der Waals surface area contributed by atoms with Crippen LogP contribution in [0.2, 0.25) is 0 Å². The number of hydrogen-bond donors (Lipinski definition) is 0. The molecule has 4 rings (SSSR count). The first-order valence-electron chi connectivity index (χ1n) is 9.47. The summed E-state index contributed by atoms with van der Waals surface area (Å²) in [5, 5.41) is 0. The van der Waals surface area contributed by atoms with E-state index in [4.69, 9.17) is 23.7 Å². The molecule has 6 unspecified atom stereocenters. The van der Waals surface area contributed by atoms with Crippen molar-refractivity contribution in [2.24, 2.45) is 0 Å². The van der Waals surface area contributed by atoms with Crippen molar-refractivity contribution in [2.45, 2.75) is 50.8 Å². The van der Waals surface area contributed by atoms with Gasteiger partial charge in [0, 0.05) is 12.5 Å². The Hall–Kier alpha value is -2.74. The number of rotatable bonds is 4. The van der Waals surface area contributed by atoms with Gasteiger partial charge >= 0.3 is 11.9 Å². The van der Waals surface area contributed by atoms with Crippen LogP contribution in [0, 0.1) is 0 Å². The third-order valence-electron chi connectivity index (χ3n) is 4.89. The Bertz CT molecular complexity index is 854. The summed E-state index contributed by atoms with van der Waals surface area (Å²) >= 11 is 0. The second-order valence-corrected chi connectivity index (χ2v) is 7.00. The van der Waals surface area contributed by atoms with Crippen molar-refractivity contribution in [3.8, 4) is 0 Å². The van der Waals surface area contributed by atoms with Gasteiger partial charge in [-0.05, 0) is 19.1 Å². The van der Waals surface area contributed by atoms with Crippen molar-refractivity contribution < 1.29 is 33.3 Å². The second-order valence-electron chi connectivity index (χ2n) is 7.00. The molecule has 2 saturated heterocycles. The first kappa shape index (κ1) is 19.6. The zero-order valence-electron chi connectivity index (χ0n) is 16.1. The van der Waals surface area contributed by atoms with Gasteiger partial charge in [-0.15, -0.1) is 0 Å².